The van der Waals surface area contributed by atoms with E-state index < -0.39 is 41.5 Å². The smallest absolute Gasteiger partial charge is 0.317 e. The Morgan fingerprint density at radius 1 is 0.710 bits per heavy atom. The molecule has 0 aliphatic rings. The number of carbonyl (C=O) groups is 4. The van der Waals surface area contributed by atoms with Gasteiger partial charge in [-0.2, -0.15) is 0 Å². The zero-order chi connectivity index (χ0) is 23.9. The van der Waals surface area contributed by atoms with Crippen LogP contribution in [0.25, 0.3) is 0 Å². The van der Waals surface area contributed by atoms with Crippen LogP contribution in [0.1, 0.15) is 105 Å². The Morgan fingerprint density at radius 3 is 1.52 bits per heavy atom. The van der Waals surface area contributed by atoms with Crippen LogP contribution in [0.5, 0.6) is 0 Å². The molecule has 0 saturated carbocycles. The minimum absolute atomic E-state index is 0.156. The van der Waals surface area contributed by atoms with Crippen molar-refractivity contribution in [3.8, 4) is 0 Å². The number of ether oxygens (including phenoxy) is 2. The number of carbonyl (C=O) groups excluding carboxylic acids is 2. The standard InChI is InChI=1S/C23H40O8/c1-5-13-20(26)30-17(3)23(22(28)29,18(4)31-21(27)14-6-2)16-12-10-8-7-9-11-15-19(24)25/h17-18H,5-16H2,1-4H3,(H,24,25)(H,28,29). The van der Waals surface area contributed by atoms with Gasteiger partial charge >= 0.3 is 23.9 Å². The van der Waals surface area contributed by atoms with Crippen LogP contribution >= 0.6 is 0 Å². The van der Waals surface area contributed by atoms with E-state index in [1.165, 1.54) is 0 Å². The van der Waals surface area contributed by atoms with Crippen molar-refractivity contribution in [3.63, 3.8) is 0 Å². The van der Waals surface area contributed by atoms with E-state index in [-0.39, 0.29) is 25.7 Å². The van der Waals surface area contributed by atoms with Gasteiger partial charge < -0.3 is 19.7 Å². The van der Waals surface area contributed by atoms with Crippen molar-refractivity contribution in [1.82, 2.24) is 0 Å². The average molecular weight is 445 g/mol. The molecule has 0 aliphatic heterocycles. The van der Waals surface area contributed by atoms with Crippen molar-refractivity contribution in [2.24, 2.45) is 5.41 Å². The highest BCUT2D eigenvalue weighted by molar-refractivity contribution is 5.78. The molecule has 0 radical (unpaired) electrons. The molecule has 0 spiro atoms. The Labute approximate surface area is 185 Å². The summed E-state index contributed by atoms with van der Waals surface area (Å²) in [5, 5.41) is 18.8. The molecule has 0 aromatic heterocycles. The second-order valence-corrected chi connectivity index (χ2v) is 8.12. The average Bonchev–Trinajstić information content (AvgIpc) is 2.66. The topological polar surface area (TPSA) is 127 Å². The second kappa shape index (κ2) is 15.6. The van der Waals surface area contributed by atoms with E-state index in [0.717, 1.165) is 25.7 Å². The first-order chi connectivity index (χ1) is 14.6. The summed E-state index contributed by atoms with van der Waals surface area (Å²) in [6.45, 7) is 6.78. The molecule has 0 rings (SSSR count). The van der Waals surface area contributed by atoms with Crippen LogP contribution in [0, 0.1) is 5.41 Å². The highest BCUT2D eigenvalue weighted by atomic mass is 16.6. The molecule has 8 nitrogen and oxygen atoms in total. The molecule has 2 unspecified atom stereocenters. The third kappa shape index (κ3) is 10.6. The van der Waals surface area contributed by atoms with Gasteiger partial charge in [-0.25, -0.2) is 0 Å². The van der Waals surface area contributed by atoms with Crippen LogP contribution in [0.4, 0.5) is 0 Å². The van der Waals surface area contributed by atoms with E-state index in [1.54, 1.807) is 13.8 Å². The van der Waals surface area contributed by atoms with E-state index in [1.807, 2.05) is 13.8 Å². The Bertz CT molecular complexity index is 546. The Hall–Kier alpha value is -2.12. The lowest BCUT2D eigenvalue weighted by atomic mass is 9.73. The van der Waals surface area contributed by atoms with Crippen LogP contribution in [-0.2, 0) is 28.7 Å². The zero-order valence-corrected chi connectivity index (χ0v) is 19.5. The van der Waals surface area contributed by atoms with Crippen molar-refractivity contribution in [1.29, 1.82) is 0 Å². The quantitative estimate of drug-likeness (QED) is 0.229. The predicted octanol–water partition coefficient (Wildman–Crippen LogP) is 4.73. The van der Waals surface area contributed by atoms with Gasteiger partial charge in [0.25, 0.3) is 0 Å². The Morgan fingerprint density at radius 2 is 1.13 bits per heavy atom. The predicted molar refractivity (Wildman–Crippen MR) is 116 cm³/mol. The summed E-state index contributed by atoms with van der Waals surface area (Å²) in [5.74, 6) is -2.88. The summed E-state index contributed by atoms with van der Waals surface area (Å²) >= 11 is 0. The molecule has 0 heterocycles. The van der Waals surface area contributed by atoms with Gasteiger partial charge in [-0.15, -0.1) is 0 Å². The number of hydrogen-bond donors (Lipinski definition) is 2. The molecule has 0 amide bonds. The first-order valence-corrected chi connectivity index (χ1v) is 11.5. The fourth-order valence-electron chi connectivity index (χ4n) is 3.72. The van der Waals surface area contributed by atoms with Crippen molar-refractivity contribution in [2.75, 3.05) is 0 Å². The number of aliphatic carboxylic acids is 2. The van der Waals surface area contributed by atoms with Gasteiger partial charge in [-0.3, -0.25) is 19.2 Å². The minimum atomic E-state index is -1.53. The van der Waals surface area contributed by atoms with E-state index >= 15 is 0 Å². The van der Waals surface area contributed by atoms with Crippen LogP contribution in [0.2, 0.25) is 0 Å². The molecule has 31 heavy (non-hydrogen) atoms. The Balaban J connectivity index is 5.16. The summed E-state index contributed by atoms with van der Waals surface area (Å²) in [7, 11) is 0. The van der Waals surface area contributed by atoms with Gasteiger partial charge in [0, 0.05) is 19.3 Å². The normalized spacial score (nSPS) is 14.8. The van der Waals surface area contributed by atoms with Gasteiger partial charge in [0.2, 0.25) is 0 Å². The molecular formula is C23H40O8. The molecule has 0 aromatic carbocycles. The van der Waals surface area contributed by atoms with Crippen LogP contribution in [-0.4, -0.2) is 46.3 Å². The van der Waals surface area contributed by atoms with Crippen molar-refractivity contribution in [3.05, 3.63) is 0 Å². The first kappa shape index (κ1) is 28.9. The Kier molecular flexibility index (Phi) is 14.6. The van der Waals surface area contributed by atoms with Crippen LogP contribution in [0.15, 0.2) is 0 Å². The van der Waals surface area contributed by atoms with Gasteiger partial charge in [0.05, 0.1) is 0 Å². The number of esters is 2. The summed E-state index contributed by atoms with van der Waals surface area (Å²) in [5.41, 5.74) is -1.53. The first-order valence-electron chi connectivity index (χ1n) is 11.5. The summed E-state index contributed by atoms with van der Waals surface area (Å²) in [6, 6.07) is 0. The van der Waals surface area contributed by atoms with E-state index in [9.17, 15) is 24.3 Å². The molecule has 0 saturated heterocycles. The molecule has 8 heteroatoms. The lowest BCUT2D eigenvalue weighted by Crippen LogP contribution is -2.52. The molecule has 2 N–H and O–H groups in total. The molecule has 0 fully saturated rings. The fourth-order valence-corrected chi connectivity index (χ4v) is 3.72. The van der Waals surface area contributed by atoms with Gasteiger partial charge in [0.1, 0.15) is 17.6 Å². The van der Waals surface area contributed by atoms with Gasteiger partial charge in [0.15, 0.2) is 0 Å². The monoisotopic (exact) mass is 444 g/mol. The molecule has 2 atom stereocenters. The number of carboxylic acids is 2. The fraction of sp³-hybridized carbons (Fsp3) is 0.826. The zero-order valence-electron chi connectivity index (χ0n) is 19.5. The largest absolute Gasteiger partial charge is 0.481 e. The maximum Gasteiger partial charge on any atom is 0.317 e. The van der Waals surface area contributed by atoms with Gasteiger partial charge in [-0.05, 0) is 39.5 Å². The molecule has 0 bridgehead atoms. The molecular weight excluding hydrogens is 404 g/mol. The molecule has 0 aliphatic carbocycles. The molecule has 0 aromatic rings. The molecule has 180 valence electrons. The number of hydrogen-bond acceptors (Lipinski definition) is 6. The number of unbranched alkanes of at least 4 members (excludes halogenated alkanes) is 5. The third-order valence-corrected chi connectivity index (χ3v) is 5.60. The van der Waals surface area contributed by atoms with E-state index in [0.29, 0.717) is 25.7 Å². The summed E-state index contributed by atoms with van der Waals surface area (Å²) < 4.78 is 10.9. The SMILES string of the molecule is CCCC(=O)OC(C)C(CCCCCCCCC(=O)O)(C(=O)O)C(C)OC(=O)CCC. The number of rotatable bonds is 18. The number of carboxylic acid groups (broad SMARTS) is 2. The third-order valence-electron chi connectivity index (χ3n) is 5.60. The summed E-state index contributed by atoms with van der Waals surface area (Å²) in [6.07, 6.45) is 4.51. The lowest BCUT2D eigenvalue weighted by Gasteiger charge is -2.39. The maximum absolute atomic E-state index is 12.4. The van der Waals surface area contributed by atoms with E-state index in [2.05, 4.69) is 0 Å². The van der Waals surface area contributed by atoms with Crippen LogP contribution in [0.3, 0.4) is 0 Å². The van der Waals surface area contributed by atoms with Crippen molar-refractivity contribution >= 4 is 23.9 Å². The van der Waals surface area contributed by atoms with Crippen LogP contribution < -0.4 is 0 Å². The minimum Gasteiger partial charge on any atom is -0.481 e. The van der Waals surface area contributed by atoms with E-state index in [4.69, 9.17) is 14.6 Å². The lowest BCUT2D eigenvalue weighted by molar-refractivity contribution is -0.187. The maximum atomic E-state index is 12.4. The second-order valence-electron chi connectivity index (χ2n) is 8.12. The van der Waals surface area contributed by atoms with Gasteiger partial charge in [-0.1, -0.05) is 46.0 Å². The summed E-state index contributed by atoms with van der Waals surface area (Å²) in [4.78, 5) is 47.0. The highest BCUT2D eigenvalue weighted by Gasteiger charge is 2.52. The van der Waals surface area contributed by atoms with Crippen molar-refractivity contribution < 1.29 is 38.9 Å². The highest BCUT2D eigenvalue weighted by Crippen LogP contribution is 2.38. The van der Waals surface area contributed by atoms with Crippen molar-refractivity contribution in [2.45, 2.75) is 117 Å².